The number of amides is 4. The van der Waals surface area contributed by atoms with Crippen LogP contribution in [0.1, 0.15) is 165 Å². The minimum absolute atomic E-state index is 0.0130. The van der Waals surface area contributed by atoms with Gasteiger partial charge >= 0.3 is 0 Å². The number of benzene rings is 15. The fourth-order valence-electron chi connectivity index (χ4n) is 16.7. The molecule has 0 unspecified atom stereocenters. The summed E-state index contributed by atoms with van der Waals surface area (Å²) in [4.78, 5) is 71.8. The molecule has 2 aliphatic rings. The summed E-state index contributed by atoms with van der Waals surface area (Å²) in [5.74, 6) is 5.52. The van der Waals surface area contributed by atoms with Crippen LogP contribution in [0.25, 0.3) is 76.5 Å². The number of aryl methyl sites for hydroxylation is 2. The lowest BCUT2D eigenvalue weighted by atomic mass is 9.78. The Morgan fingerprint density at radius 3 is 1.03 bits per heavy atom. The highest BCUT2D eigenvalue weighted by molar-refractivity contribution is 6.47. The van der Waals surface area contributed by atoms with E-state index in [4.69, 9.17) is 0 Å². The van der Waals surface area contributed by atoms with E-state index >= 15 is 19.2 Å². The number of rotatable bonds is 15. The molecule has 8 heteroatoms. The number of imide groups is 2. The third-order valence-corrected chi connectivity index (χ3v) is 21.9. The SMILES string of the molecule is Cc1cccc(N(c2ccccc2)c2ccc(-c3ccc(C#Cc4cc5c6c(ccc7c8c(-c9ccc(-c%10ccc(N(c%11ccccc%11)c%11cccc(C)c%11)cc%10)cc9)cc9c%10c(ccc(c4c67)c%108)C(=O)N(c4c(C(C)C)cccc4C(C)C)C9=O)C(=O)N(c4c(C(C)C)cccc4C(C)C)C5=O)cc3)cc2)c1. The van der Waals surface area contributed by atoms with E-state index in [2.05, 4.69) is 273 Å². The smallest absolute Gasteiger partial charge is 0.266 e. The maximum Gasteiger partial charge on any atom is 0.266 e. The van der Waals surface area contributed by atoms with Gasteiger partial charge in [-0.3, -0.25) is 19.2 Å². The molecule has 0 aliphatic carbocycles. The second-order valence-corrected chi connectivity index (χ2v) is 30.1. The van der Waals surface area contributed by atoms with Gasteiger partial charge in [-0.25, -0.2) is 9.80 Å². The van der Waals surface area contributed by atoms with Crippen molar-refractivity contribution in [1.29, 1.82) is 0 Å². The Balaban J connectivity index is 0.866. The van der Waals surface area contributed by atoms with Crippen LogP contribution in [0.3, 0.4) is 0 Å². The third-order valence-electron chi connectivity index (χ3n) is 21.9. The molecule has 0 bridgehead atoms. The summed E-state index contributed by atoms with van der Waals surface area (Å²) in [7, 11) is 0. The first-order valence-corrected chi connectivity index (χ1v) is 37.5. The number of hydrogen-bond donors (Lipinski definition) is 0. The minimum atomic E-state index is -0.433. The zero-order valence-corrected chi connectivity index (χ0v) is 62.3. The third kappa shape index (κ3) is 11.5. The number of anilines is 8. The highest BCUT2D eigenvalue weighted by atomic mass is 16.2. The molecule has 0 atom stereocenters. The quantitative estimate of drug-likeness (QED) is 0.0440. The summed E-state index contributed by atoms with van der Waals surface area (Å²) in [5, 5.41) is 5.51. The predicted molar refractivity (Wildman–Crippen MR) is 447 cm³/mol. The molecule has 524 valence electrons. The Morgan fingerprint density at radius 1 is 0.269 bits per heavy atom. The summed E-state index contributed by atoms with van der Waals surface area (Å²) in [5.41, 5.74) is 22.0. The Labute approximate surface area is 631 Å². The van der Waals surface area contributed by atoms with Crippen LogP contribution in [0.4, 0.5) is 45.5 Å². The first-order chi connectivity index (χ1) is 52.4. The number of nitrogens with zero attached hydrogens (tertiary/aromatic N) is 4. The van der Waals surface area contributed by atoms with Crippen LogP contribution in [0, 0.1) is 25.7 Å². The molecule has 0 saturated heterocycles. The minimum Gasteiger partial charge on any atom is -0.310 e. The normalized spacial score (nSPS) is 12.8. The van der Waals surface area contributed by atoms with Gasteiger partial charge in [-0.1, -0.05) is 237 Å². The first kappa shape index (κ1) is 68.2. The standard InChI is InChI=1S/C100H80N4O4/c1-59(2)78-29-19-30-79(60(3)4)95(78)103-97(105)84-54-52-83-90-86(70-41-39-67(40-42-70)69-45-49-75(50-46-69)102(73-25-15-12-16-26-73)77-28-18-22-64(10)56-77)58-88-92-85(98(106)104(100(88)108)96-80(61(5)6)31-20-32-81(96)62(7)8)53-51-82(94(90)92)89-71(57-87(99(103)107)91(84)93(83)89)38-35-65-33-36-66(37-34-65)68-43-47-74(48-44-68)101(72-23-13-11-14-24-72)76-27-17-21-63(9)55-76/h11-34,36-37,39-62H,1-10H3. The molecule has 2 aliphatic heterocycles. The van der Waals surface area contributed by atoms with Crippen LogP contribution in [0.5, 0.6) is 0 Å². The van der Waals surface area contributed by atoms with Crippen LogP contribution >= 0.6 is 0 Å². The van der Waals surface area contributed by atoms with Gasteiger partial charge in [0.25, 0.3) is 23.6 Å². The lowest BCUT2D eigenvalue weighted by Crippen LogP contribution is -2.42. The van der Waals surface area contributed by atoms with E-state index in [0.29, 0.717) is 60.7 Å². The maximum atomic E-state index is 16.3. The lowest BCUT2D eigenvalue weighted by molar-refractivity contribution is 0.0877. The fraction of sp³-hybridized carbons (Fsp3) is 0.140. The summed E-state index contributed by atoms with van der Waals surface area (Å²) < 4.78 is 0. The molecule has 0 fully saturated rings. The lowest BCUT2D eigenvalue weighted by Gasteiger charge is -2.34. The van der Waals surface area contributed by atoms with Crippen molar-refractivity contribution in [3.05, 3.63) is 346 Å². The van der Waals surface area contributed by atoms with Crippen molar-refractivity contribution in [3.63, 3.8) is 0 Å². The molecule has 0 spiro atoms. The van der Waals surface area contributed by atoms with Gasteiger partial charge in [-0.15, -0.1) is 0 Å². The van der Waals surface area contributed by atoms with Crippen LogP contribution < -0.4 is 19.6 Å². The zero-order valence-electron chi connectivity index (χ0n) is 62.3. The van der Waals surface area contributed by atoms with E-state index in [1.54, 1.807) is 0 Å². The van der Waals surface area contributed by atoms with E-state index in [0.717, 1.165) is 117 Å². The van der Waals surface area contributed by atoms with E-state index in [9.17, 15) is 0 Å². The molecular formula is C100H80N4O4. The van der Waals surface area contributed by atoms with Crippen molar-refractivity contribution < 1.29 is 19.2 Å². The molecule has 0 radical (unpaired) electrons. The number of carbonyl (C=O) groups excluding carboxylic acids is 4. The van der Waals surface area contributed by atoms with Crippen LogP contribution in [-0.2, 0) is 0 Å². The first-order valence-electron chi connectivity index (χ1n) is 37.5. The molecular weight excluding hydrogens is 1320 g/mol. The Bertz CT molecular complexity index is 6170. The largest absolute Gasteiger partial charge is 0.310 e. The highest BCUT2D eigenvalue weighted by Gasteiger charge is 2.42. The number of carbonyl (C=O) groups is 4. The van der Waals surface area contributed by atoms with Crippen molar-refractivity contribution in [2.75, 3.05) is 19.6 Å². The number of para-hydroxylation sites is 4. The van der Waals surface area contributed by atoms with E-state index in [1.807, 2.05) is 97.1 Å². The van der Waals surface area contributed by atoms with E-state index in [-0.39, 0.29) is 23.7 Å². The molecule has 0 N–H and O–H groups in total. The second-order valence-electron chi connectivity index (χ2n) is 30.1. The summed E-state index contributed by atoms with van der Waals surface area (Å²) in [6.07, 6.45) is 0. The molecule has 4 amide bonds. The van der Waals surface area contributed by atoms with Crippen molar-refractivity contribution in [2.24, 2.45) is 0 Å². The molecule has 15 aromatic carbocycles. The molecule has 0 aromatic heterocycles. The molecule has 8 nitrogen and oxygen atoms in total. The van der Waals surface area contributed by atoms with Gasteiger partial charge in [0.05, 0.1) is 16.9 Å². The highest BCUT2D eigenvalue weighted by Crippen LogP contribution is 2.53. The molecule has 17 rings (SSSR count). The predicted octanol–water partition coefficient (Wildman–Crippen LogP) is 25.8. The average Bonchev–Trinajstić information content (AvgIpc) is 0.680. The van der Waals surface area contributed by atoms with Gasteiger partial charge in [0.2, 0.25) is 0 Å². The second kappa shape index (κ2) is 27.2. The van der Waals surface area contributed by atoms with Gasteiger partial charge in [-0.05, 0) is 235 Å². The molecule has 2 heterocycles. The van der Waals surface area contributed by atoms with Gasteiger partial charge in [-0.2, -0.15) is 0 Å². The monoisotopic (exact) mass is 1400 g/mol. The number of hydrogen-bond acceptors (Lipinski definition) is 6. The molecule has 15 aromatic rings. The number of fused-ring (bicyclic) bond motifs is 2. The van der Waals surface area contributed by atoms with Gasteiger partial charge < -0.3 is 9.80 Å². The average molecular weight is 1400 g/mol. The molecule has 0 saturated carbocycles. The van der Waals surface area contributed by atoms with Crippen molar-refractivity contribution in [3.8, 4) is 45.2 Å². The van der Waals surface area contributed by atoms with Crippen LogP contribution in [-0.4, -0.2) is 23.6 Å². The Morgan fingerprint density at radius 2 is 0.611 bits per heavy atom. The van der Waals surface area contributed by atoms with Crippen molar-refractivity contribution in [2.45, 2.75) is 92.9 Å². The van der Waals surface area contributed by atoms with E-state index in [1.165, 1.54) is 20.9 Å². The van der Waals surface area contributed by atoms with Crippen LogP contribution in [0.2, 0.25) is 0 Å². The fourth-order valence-corrected chi connectivity index (χ4v) is 16.7. The zero-order chi connectivity index (χ0) is 74.5. The van der Waals surface area contributed by atoms with Gasteiger partial charge in [0, 0.05) is 83.5 Å². The summed E-state index contributed by atoms with van der Waals surface area (Å²) >= 11 is 0. The Hall–Kier alpha value is -13.0. The summed E-state index contributed by atoms with van der Waals surface area (Å²) in [6.45, 7) is 21.0. The van der Waals surface area contributed by atoms with Crippen molar-refractivity contribution >= 4 is 112 Å². The maximum absolute atomic E-state index is 16.3. The topological polar surface area (TPSA) is 81.2 Å². The van der Waals surface area contributed by atoms with E-state index < -0.39 is 23.6 Å². The van der Waals surface area contributed by atoms with Gasteiger partial charge in [0.1, 0.15) is 0 Å². The molecule has 108 heavy (non-hydrogen) atoms. The summed E-state index contributed by atoms with van der Waals surface area (Å²) in [6, 6.07) is 95.7. The van der Waals surface area contributed by atoms with Crippen LogP contribution in [0.15, 0.2) is 279 Å². The Kier molecular flexibility index (Phi) is 17.2. The van der Waals surface area contributed by atoms with Crippen molar-refractivity contribution in [1.82, 2.24) is 0 Å². The van der Waals surface area contributed by atoms with Gasteiger partial charge in [0.15, 0.2) is 0 Å².